The standard InChI is InChI=1S/C19H20BrClN2O/c20-16-4-1-5-18(11-16)22-19(24)15-3-2-10-23(13-15)12-14-6-8-17(21)9-7-14/h1,4-9,11,15H,2-3,10,12-13H2,(H,22,24)/t15-/m0/s1. The number of anilines is 1. The maximum Gasteiger partial charge on any atom is 0.228 e. The molecule has 3 nitrogen and oxygen atoms in total. The molecule has 1 aliphatic rings. The van der Waals surface area contributed by atoms with Crippen molar-refractivity contribution in [1.82, 2.24) is 4.90 Å². The first-order valence-electron chi connectivity index (χ1n) is 8.13. The Labute approximate surface area is 156 Å². The third-order valence-corrected chi connectivity index (χ3v) is 5.03. The molecule has 0 saturated carbocycles. The molecule has 0 spiro atoms. The molecule has 0 aromatic heterocycles. The molecule has 0 unspecified atom stereocenters. The Bertz CT molecular complexity index is 705. The molecular weight excluding hydrogens is 388 g/mol. The molecule has 1 aliphatic heterocycles. The fourth-order valence-electron chi connectivity index (χ4n) is 3.07. The lowest BCUT2D eigenvalue weighted by molar-refractivity contribution is -0.121. The van der Waals surface area contributed by atoms with Crippen LogP contribution < -0.4 is 5.32 Å². The largest absolute Gasteiger partial charge is 0.326 e. The molecule has 0 aliphatic carbocycles. The molecule has 24 heavy (non-hydrogen) atoms. The van der Waals surface area contributed by atoms with E-state index in [4.69, 9.17) is 11.6 Å². The predicted molar refractivity (Wildman–Crippen MR) is 102 cm³/mol. The molecule has 0 radical (unpaired) electrons. The summed E-state index contributed by atoms with van der Waals surface area (Å²) in [5.41, 5.74) is 2.07. The highest BCUT2D eigenvalue weighted by atomic mass is 79.9. The van der Waals surface area contributed by atoms with E-state index in [2.05, 4.69) is 26.1 Å². The van der Waals surface area contributed by atoms with E-state index in [0.717, 1.165) is 47.7 Å². The zero-order valence-electron chi connectivity index (χ0n) is 13.3. The van der Waals surface area contributed by atoms with Gasteiger partial charge in [0.15, 0.2) is 0 Å². The molecule has 1 amide bonds. The number of hydrogen-bond acceptors (Lipinski definition) is 2. The fourth-order valence-corrected chi connectivity index (χ4v) is 3.60. The zero-order valence-corrected chi connectivity index (χ0v) is 15.7. The van der Waals surface area contributed by atoms with Gasteiger partial charge in [0.2, 0.25) is 5.91 Å². The zero-order chi connectivity index (χ0) is 16.9. The topological polar surface area (TPSA) is 32.3 Å². The van der Waals surface area contributed by atoms with Gasteiger partial charge in [-0.15, -0.1) is 0 Å². The lowest BCUT2D eigenvalue weighted by Crippen LogP contribution is -2.40. The average Bonchev–Trinajstić information content (AvgIpc) is 2.57. The molecule has 2 aromatic rings. The first-order valence-corrected chi connectivity index (χ1v) is 9.30. The van der Waals surface area contributed by atoms with Gasteiger partial charge in [-0.2, -0.15) is 0 Å². The number of halogens is 2. The Morgan fingerprint density at radius 2 is 2.04 bits per heavy atom. The summed E-state index contributed by atoms with van der Waals surface area (Å²) in [4.78, 5) is 14.9. The second-order valence-electron chi connectivity index (χ2n) is 6.20. The van der Waals surface area contributed by atoms with E-state index in [1.165, 1.54) is 5.56 Å². The molecule has 1 fully saturated rings. The van der Waals surface area contributed by atoms with Crippen LogP contribution in [0.3, 0.4) is 0 Å². The highest BCUT2D eigenvalue weighted by Crippen LogP contribution is 2.22. The number of nitrogens with one attached hydrogen (secondary N) is 1. The number of likely N-dealkylation sites (tertiary alicyclic amines) is 1. The van der Waals surface area contributed by atoms with Gasteiger partial charge in [0, 0.05) is 28.3 Å². The summed E-state index contributed by atoms with van der Waals surface area (Å²) in [6, 6.07) is 15.6. The van der Waals surface area contributed by atoms with Gasteiger partial charge in [0.1, 0.15) is 0 Å². The van der Waals surface area contributed by atoms with Crippen molar-refractivity contribution in [2.45, 2.75) is 19.4 Å². The van der Waals surface area contributed by atoms with Crippen LogP contribution in [0.25, 0.3) is 0 Å². The van der Waals surface area contributed by atoms with Gasteiger partial charge < -0.3 is 5.32 Å². The summed E-state index contributed by atoms with van der Waals surface area (Å²) in [7, 11) is 0. The minimum absolute atomic E-state index is 0.0324. The van der Waals surface area contributed by atoms with Crippen molar-refractivity contribution in [2.24, 2.45) is 5.92 Å². The molecule has 1 atom stereocenters. The molecule has 5 heteroatoms. The Morgan fingerprint density at radius 3 is 2.79 bits per heavy atom. The van der Waals surface area contributed by atoms with Gasteiger partial charge in [-0.1, -0.05) is 45.7 Å². The number of carbonyl (C=O) groups excluding carboxylic acids is 1. The second-order valence-corrected chi connectivity index (χ2v) is 7.55. The summed E-state index contributed by atoms with van der Waals surface area (Å²) < 4.78 is 0.966. The maximum atomic E-state index is 12.6. The van der Waals surface area contributed by atoms with Crippen LogP contribution in [0, 0.1) is 5.92 Å². The van der Waals surface area contributed by atoms with Gasteiger partial charge in [-0.05, 0) is 55.3 Å². The number of benzene rings is 2. The quantitative estimate of drug-likeness (QED) is 0.777. The van der Waals surface area contributed by atoms with Crippen molar-refractivity contribution >= 4 is 39.1 Å². The number of piperidine rings is 1. The van der Waals surface area contributed by atoms with E-state index in [9.17, 15) is 4.79 Å². The molecule has 3 rings (SSSR count). The van der Waals surface area contributed by atoms with E-state index in [-0.39, 0.29) is 11.8 Å². The normalized spacial score (nSPS) is 18.3. The number of rotatable bonds is 4. The molecule has 1 saturated heterocycles. The van der Waals surface area contributed by atoms with Crippen LogP contribution in [-0.2, 0) is 11.3 Å². The van der Waals surface area contributed by atoms with Gasteiger partial charge >= 0.3 is 0 Å². The summed E-state index contributed by atoms with van der Waals surface area (Å²) in [6.07, 6.45) is 1.99. The monoisotopic (exact) mass is 406 g/mol. The van der Waals surface area contributed by atoms with Crippen LogP contribution in [-0.4, -0.2) is 23.9 Å². The number of hydrogen-bond donors (Lipinski definition) is 1. The number of nitrogens with zero attached hydrogens (tertiary/aromatic N) is 1. The van der Waals surface area contributed by atoms with Crippen molar-refractivity contribution in [3.05, 3.63) is 63.6 Å². The maximum absolute atomic E-state index is 12.6. The summed E-state index contributed by atoms with van der Waals surface area (Å²) >= 11 is 9.37. The molecular formula is C19H20BrClN2O. The van der Waals surface area contributed by atoms with Gasteiger partial charge in [0.05, 0.1) is 5.92 Å². The van der Waals surface area contributed by atoms with Gasteiger partial charge in [-0.25, -0.2) is 0 Å². The molecule has 126 valence electrons. The summed E-state index contributed by atoms with van der Waals surface area (Å²) in [5, 5.41) is 3.78. The number of amides is 1. The average molecular weight is 408 g/mol. The van der Waals surface area contributed by atoms with Crippen LogP contribution in [0.15, 0.2) is 53.0 Å². The van der Waals surface area contributed by atoms with Crippen molar-refractivity contribution < 1.29 is 4.79 Å². The van der Waals surface area contributed by atoms with Gasteiger partial charge in [-0.3, -0.25) is 9.69 Å². The first-order chi connectivity index (χ1) is 11.6. The van der Waals surface area contributed by atoms with E-state index >= 15 is 0 Å². The van der Waals surface area contributed by atoms with Crippen molar-refractivity contribution in [1.29, 1.82) is 0 Å². The smallest absolute Gasteiger partial charge is 0.228 e. The highest BCUT2D eigenvalue weighted by Gasteiger charge is 2.25. The first kappa shape index (κ1) is 17.5. The molecule has 0 bridgehead atoms. The van der Waals surface area contributed by atoms with Crippen LogP contribution in [0.4, 0.5) is 5.69 Å². The van der Waals surface area contributed by atoms with Crippen LogP contribution in [0.1, 0.15) is 18.4 Å². The highest BCUT2D eigenvalue weighted by molar-refractivity contribution is 9.10. The van der Waals surface area contributed by atoms with Crippen molar-refractivity contribution in [3.8, 4) is 0 Å². The van der Waals surface area contributed by atoms with Crippen LogP contribution in [0.2, 0.25) is 5.02 Å². The Morgan fingerprint density at radius 1 is 1.25 bits per heavy atom. The molecule has 1 heterocycles. The minimum Gasteiger partial charge on any atom is -0.326 e. The minimum atomic E-state index is 0.0324. The summed E-state index contributed by atoms with van der Waals surface area (Å²) in [5.74, 6) is 0.138. The van der Waals surface area contributed by atoms with Crippen LogP contribution >= 0.6 is 27.5 Å². The molecule has 1 N–H and O–H groups in total. The van der Waals surface area contributed by atoms with E-state index in [0.29, 0.717) is 0 Å². The van der Waals surface area contributed by atoms with E-state index < -0.39 is 0 Å². The van der Waals surface area contributed by atoms with E-state index in [1.54, 1.807) is 0 Å². The van der Waals surface area contributed by atoms with Crippen LogP contribution in [0.5, 0.6) is 0 Å². The van der Waals surface area contributed by atoms with Gasteiger partial charge in [0.25, 0.3) is 0 Å². The van der Waals surface area contributed by atoms with E-state index in [1.807, 2.05) is 48.5 Å². The number of carbonyl (C=O) groups is 1. The predicted octanol–water partition coefficient (Wildman–Crippen LogP) is 4.95. The second kappa shape index (κ2) is 8.15. The fraction of sp³-hybridized carbons (Fsp3) is 0.316. The third-order valence-electron chi connectivity index (χ3n) is 4.29. The lowest BCUT2D eigenvalue weighted by atomic mass is 9.96. The summed E-state index contributed by atoms with van der Waals surface area (Å²) in [6.45, 7) is 2.68. The molecule has 2 aromatic carbocycles. The van der Waals surface area contributed by atoms with Crippen molar-refractivity contribution in [3.63, 3.8) is 0 Å². The Hall–Kier alpha value is -1.36. The Balaban J connectivity index is 1.58. The Kier molecular flexibility index (Phi) is 5.93. The third kappa shape index (κ3) is 4.82. The lowest BCUT2D eigenvalue weighted by Gasteiger charge is -2.32. The SMILES string of the molecule is O=C(Nc1cccc(Br)c1)[C@H]1CCCN(Cc2ccc(Cl)cc2)C1. The van der Waals surface area contributed by atoms with Crippen molar-refractivity contribution in [2.75, 3.05) is 18.4 Å².